The highest BCUT2D eigenvalue weighted by Gasteiger charge is 2.28. The summed E-state index contributed by atoms with van der Waals surface area (Å²) in [5.41, 5.74) is -1.72. The zero-order chi connectivity index (χ0) is 9.83. The molecule has 1 atom stereocenters. The monoisotopic (exact) mass is 176 g/mol. The molecule has 0 radical (unpaired) electrons. The Morgan fingerprint density at radius 3 is 1.92 bits per heavy atom. The van der Waals surface area contributed by atoms with E-state index in [2.05, 4.69) is 0 Å². The molecule has 3 N–H and O–H groups in total. The summed E-state index contributed by atoms with van der Waals surface area (Å²) in [5, 5.41) is 27.7. The first-order chi connectivity index (χ1) is 5.27. The van der Waals surface area contributed by atoms with Gasteiger partial charge in [0.2, 0.25) is 0 Å². The van der Waals surface area contributed by atoms with Crippen LogP contribution in [0.1, 0.15) is 40.0 Å². The minimum absolute atomic E-state index is 0.0853. The van der Waals surface area contributed by atoms with Gasteiger partial charge in [0.25, 0.3) is 0 Å². The largest absolute Gasteiger partial charge is 0.396 e. The molecule has 0 aromatic rings. The number of aliphatic hydroxyl groups is 3. The second-order valence-electron chi connectivity index (χ2n) is 4.31. The average Bonchev–Trinajstić information content (AvgIpc) is 1.78. The van der Waals surface area contributed by atoms with Gasteiger partial charge >= 0.3 is 0 Å². The van der Waals surface area contributed by atoms with Gasteiger partial charge in [0.05, 0.1) is 11.2 Å². The van der Waals surface area contributed by atoms with E-state index in [1.165, 1.54) is 0 Å². The van der Waals surface area contributed by atoms with Gasteiger partial charge in [-0.1, -0.05) is 0 Å². The molecule has 3 nitrogen and oxygen atoms in total. The summed E-state index contributed by atoms with van der Waals surface area (Å²) >= 11 is 0. The third-order valence-electron chi connectivity index (χ3n) is 1.69. The molecule has 0 saturated carbocycles. The fraction of sp³-hybridized carbons (Fsp3) is 1.00. The van der Waals surface area contributed by atoms with Gasteiger partial charge in [0.15, 0.2) is 0 Å². The van der Waals surface area contributed by atoms with Crippen molar-refractivity contribution < 1.29 is 15.3 Å². The Labute approximate surface area is 74.0 Å². The Bertz CT molecular complexity index is 124. The van der Waals surface area contributed by atoms with E-state index in [-0.39, 0.29) is 6.61 Å². The van der Waals surface area contributed by atoms with E-state index in [0.29, 0.717) is 19.3 Å². The molecule has 0 aromatic carbocycles. The zero-order valence-corrected chi connectivity index (χ0v) is 8.17. The van der Waals surface area contributed by atoms with Crippen LogP contribution in [0.4, 0.5) is 0 Å². The van der Waals surface area contributed by atoms with Crippen molar-refractivity contribution >= 4 is 0 Å². The van der Waals surface area contributed by atoms with Gasteiger partial charge in [-0.25, -0.2) is 0 Å². The lowest BCUT2D eigenvalue weighted by Gasteiger charge is -2.29. The van der Waals surface area contributed by atoms with Crippen molar-refractivity contribution in [3.63, 3.8) is 0 Å². The summed E-state index contributed by atoms with van der Waals surface area (Å²) in [6.07, 6.45) is 1.43. The molecule has 0 aliphatic rings. The number of rotatable bonds is 5. The molecule has 0 aliphatic carbocycles. The van der Waals surface area contributed by atoms with Gasteiger partial charge in [-0.05, 0) is 33.6 Å². The van der Waals surface area contributed by atoms with Crippen molar-refractivity contribution in [3.05, 3.63) is 0 Å². The van der Waals surface area contributed by atoms with Crippen molar-refractivity contribution in [2.45, 2.75) is 51.2 Å². The zero-order valence-electron chi connectivity index (χ0n) is 8.17. The molecular formula is C9H20O3. The van der Waals surface area contributed by atoms with E-state index in [1.807, 2.05) is 0 Å². The van der Waals surface area contributed by atoms with Crippen molar-refractivity contribution in [1.29, 1.82) is 0 Å². The summed E-state index contributed by atoms with van der Waals surface area (Å²) in [6, 6.07) is 0. The smallest absolute Gasteiger partial charge is 0.0647 e. The van der Waals surface area contributed by atoms with Crippen molar-refractivity contribution in [3.8, 4) is 0 Å². The highest BCUT2D eigenvalue weighted by Crippen LogP contribution is 2.23. The van der Waals surface area contributed by atoms with Crippen LogP contribution in [0.2, 0.25) is 0 Å². The lowest BCUT2D eigenvalue weighted by Crippen LogP contribution is -2.35. The minimum atomic E-state index is -0.874. The molecule has 3 heteroatoms. The van der Waals surface area contributed by atoms with Crippen LogP contribution in [0.25, 0.3) is 0 Å². The van der Waals surface area contributed by atoms with Gasteiger partial charge in [-0.2, -0.15) is 0 Å². The third-order valence-corrected chi connectivity index (χ3v) is 1.69. The van der Waals surface area contributed by atoms with Gasteiger partial charge in [-0.3, -0.25) is 0 Å². The Morgan fingerprint density at radius 1 is 1.08 bits per heavy atom. The first kappa shape index (κ1) is 11.9. The van der Waals surface area contributed by atoms with Gasteiger partial charge in [0.1, 0.15) is 0 Å². The standard InChI is InChI=1S/C9H20O3/c1-8(2,11)7-9(3,12)5-4-6-10/h10-12H,4-7H2,1-3H3. The molecule has 1 unspecified atom stereocenters. The lowest BCUT2D eigenvalue weighted by atomic mass is 9.87. The minimum Gasteiger partial charge on any atom is -0.396 e. The molecule has 0 spiro atoms. The van der Waals surface area contributed by atoms with Crippen LogP contribution in [-0.2, 0) is 0 Å². The highest BCUT2D eigenvalue weighted by atomic mass is 16.3. The fourth-order valence-corrected chi connectivity index (χ4v) is 1.48. The second kappa shape index (κ2) is 4.21. The SMILES string of the molecule is CC(C)(O)CC(C)(O)CCCO. The first-order valence-corrected chi connectivity index (χ1v) is 4.32. The maximum atomic E-state index is 9.71. The molecule has 12 heavy (non-hydrogen) atoms. The molecule has 0 aliphatic heterocycles. The van der Waals surface area contributed by atoms with Crippen LogP contribution in [-0.4, -0.2) is 33.1 Å². The summed E-state index contributed by atoms with van der Waals surface area (Å²) in [5.74, 6) is 0. The van der Waals surface area contributed by atoms with Gasteiger partial charge in [-0.15, -0.1) is 0 Å². The molecule has 0 saturated heterocycles. The van der Waals surface area contributed by atoms with E-state index < -0.39 is 11.2 Å². The van der Waals surface area contributed by atoms with Gasteiger partial charge in [0, 0.05) is 13.0 Å². The topological polar surface area (TPSA) is 60.7 Å². The van der Waals surface area contributed by atoms with E-state index in [4.69, 9.17) is 5.11 Å². The van der Waals surface area contributed by atoms with Crippen molar-refractivity contribution in [1.82, 2.24) is 0 Å². The molecule has 74 valence electrons. The lowest BCUT2D eigenvalue weighted by molar-refractivity contribution is -0.0424. The van der Waals surface area contributed by atoms with Crippen molar-refractivity contribution in [2.75, 3.05) is 6.61 Å². The summed E-state index contributed by atoms with van der Waals surface area (Å²) in [7, 11) is 0. The quantitative estimate of drug-likeness (QED) is 0.577. The fourth-order valence-electron chi connectivity index (χ4n) is 1.48. The number of aliphatic hydroxyl groups excluding tert-OH is 1. The normalized spacial score (nSPS) is 17.5. The number of hydrogen-bond acceptors (Lipinski definition) is 3. The van der Waals surface area contributed by atoms with E-state index in [1.54, 1.807) is 20.8 Å². The van der Waals surface area contributed by atoms with Gasteiger partial charge < -0.3 is 15.3 Å². The average molecular weight is 176 g/mol. The maximum Gasteiger partial charge on any atom is 0.0647 e. The molecule has 0 amide bonds. The Balaban J connectivity index is 3.86. The van der Waals surface area contributed by atoms with E-state index >= 15 is 0 Å². The molecular weight excluding hydrogens is 156 g/mol. The van der Waals surface area contributed by atoms with Crippen LogP contribution < -0.4 is 0 Å². The van der Waals surface area contributed by atoms with Crippen LogP contribution in [0.3, 0.4) is 0 Å². The second-order valence-corrected chi connectivity index (χ2v) is 4.31. The summed E-state index contributed by atoms with van der Waals surface area (Å²) in [4.78, 5) is 0. The highest BCUT2D eigenvalue weighted by molar-refractivity contribution is 4.81. The maximum absolute atomic E-state index is 9.71. The van der Waals surface area contributed by atoms with Crippen LogP contribution in [0.15, 0.2) is 0 Å². The molecule has 0 heterocycles. The number of hydrogen-bond donors (Lipinski definition) is 3. The molecule has 0 aromatic heterocycles. The Kier molecular flexibility index (Phi) is 4.17. The van der Waals surface area contributed by atoms with Crippen LogP contribution in [0, 0.1) is 0 Å². The first-order valence-electron chi connectivity index (χ1n) is 4.32. The summed E-state index contributed by atoms with van der Waals surface area (Å²) in [6.45, 7) is 5.10. The van der Waals surface area contributed by atoms with Crippen LogP contribution >= 0.6 is 0 Å². The molecule has 0 fully saturated rings. The van der Waals surface area contributed by atoms with E-state index in [0.717, 1.165) is 0 Å². The van der Waals surface area contributed by atoms with Crippen molar-refractivity contribution in [2.24, 2.45) is 0 Å². The van der Waals surface area contributed by atoms with E-state index in [9.17, 15) is 10.2 Å². The Morgan fingerprint density at radius 2 is 1.58 bits per heavy atom. The third kappa shape index (κ3) is 6.58. The predicted molar refractivity (Wildman–Crippen MR) is 47.9 cm³/mol. The van der Waals surface area contributed by atoms with Crippen LogP contribution in [0.5, 0.6) is 0 Å². The molecule has 0 rings (SSSR count). The Hall–Kier alpha value is -0.120. The predicted octanol–water partition coefficient (Wildman–Crippen LogP) is 0.671. The summed E-state index contributed by atoms with van der Waals surface area (Å²) < 4.78 is 0. The molecule has 0 bridgehead atoms.